The third kappa shape index (κ3) is 9.34. The number of hydrogen-bond donors (Lipinski definition) is 14. The molecule has 0 aromatic rings. The van der Waals surface area contributed by atoms with Crippen LogP contribution in [0.1, 0.15) is 186 Å². The highest BCUT2D eigenvalue weighted by Gasteiger charge is 2.78. The number of carbonyl (C=O) groups is 4. The van der Waals surface area contributed by atoms with Crippen LogP contribution >= 0.6 is 0 Å². The van der Waals surface area contributed by atoms with Crippen molar-refractivity contribution >= 4 is 23.9 Å². The summed E-state index contributed by atoms with van der Waals surface area (Å²) in [6, 6.07) is 0. The van der Waals surface area contributed by atoms with Gasteiger partial charge in [-0.1, -0.05) is 78.7 Å². The number of hydrogen-bond acceptors (Lipinski definition) is 22. The van der Waals surface area contributed by atoms with E-state index in [4.69, 9.17) is 23.7 Å². The molecule has 536 valence electrons. The molecule has 0 aromatic carbocycles. The van der Waals surface area contributed by atoms with Crippen molar-refractivity contribution < 1.29 is 114 Å². The highest BCUT2D eigenvalue weighted by atomic mass is 16.7. The first-order valence-electron chi connectivity index (χ1n) is 35.4. The average molecular weight is 1340 g/mol. The summed E-state index contributed by atoms with van der Waals surface area (Å²) in [5.74, 6) is -7.65. The number of aliphatic hydroxyl groups excluding tert-OH is 11. The van der Waals surface area contributed by atoms with E-state index in [2.05, 4.69) is 46.8 Å². The molecule has 23 nitrogen and oxygen atoms in total. The molecule has 95 heavy (non-hydrogen) atoms. The van der Waals surface area contributed by atoms with Crippen molar-refractivity contribution in [3.63, 3.8) is 0 Å². The molecule has 0 bridgehead atoms. The Morgan fingerprint density at radius 1 is 0.474 bits per heavy atom. The van der Waals surface area contributed by atoms with Gasteiger partial charge in [0.2, 0.25) is 12.6 Å². The third-order valence-corrected chi connectivity index (χ3v) is 31.4. The summed E-state index contributed by atoms with van der Waals surface area (Å²) in [4.78, 5) is 60.3. The minimum absolute atomic E-state index is 0.0433. The van der Waals surface area contributed by atoms with Crippen molar-refractivity contribution in [1.82, 2.24) is 0 Å². The lowest BCUT2D eigenvalue weighted by atomic mass is 9.32. The second-order valence-electron chi connectivity index (χ2n) is 35.0. The number of rotatable bonds is 9. The first kappa shape index (κ1) is 71.6. The van der Waals surface area contributed by atoms with E-state index in [0.29, 0.717) is 77.0 Å². The van der Waals surface area contributed by atoms with Crippen LogP contribution < -0.4 is 0 Å². The Morgan fingerprint density at radius 2 is 0.863 bits per heavy atom. The van der Waals surface area contributed by atoms with Crippen LogP contribution in [0.2, 0.25) is 0 Å². The van der Waals surface area contributed by atoms with Crippen LogP contribution in [0.25, 0.3) is 0 Å². The fraction of sp³-hybridized carbons (Fsp3) is 0.889. The van der Waals surface area contributed by atoms with Gasteiger partial charge in [-0.25, -0.2) is 0 Å². The number of carbonyl (C=O) groups excluding carboxylic acids is 3. The van der Waals surface area contributed by atoms with Crippen molar-refractivity contribution in [2.75, 3.05) is 13.2 Å². The molecule has 0 spiro atoms. The van der Waals surface area contributed by atoms with Crippen LogP contribution in [0.3, 0.4) is 0 Å². The Morgan fingerprint density at radius 3 is 1.25 bits per heavy atom. The van der Waals surface area contributed by atoms with E-state index in [1.54, 1.807) is 27.7 Å². The molecule has 12 rings (SSSR count). The maximum absolute atomic E-state index is 15.8. The first-order chi connectivity index (χ1) is 44.0. The van der Waals surface area contributed by atoms with Crippen molar-refractivity contribution in [1.29, 1.82) is 0 Å². The SMILES string of the molecule is C[C@@H]1CC[C@]2(C(=O)O[C@@H]3O[C@H](CO)[C@@H](O)[C@H](O)[C@H]3O)CC[C@]3(C)C(=CC[C@@H]4[C@@]5(C)C[C@@H](O)[C@@H](O)[C@](C)(C(=O)O[C@@H]6[C@H](O)C[C@@]7(C)[C@@H](CC[C@]8(C)[C@@H]7CC=C7[C@H]9[C@](C(=O)O[C@@H]%10O[C@H](CO)[C@@H](O)[C@H](O)[C@H]%10O)(CC[C@@H](C)[C@@]9(C)O)CC[C@]78C)[C@@]6(C)C(=O)O)[C@@H]5CC[C@]43C)[C@@H]2[C@]1(C)O. The third-order valence-electron chi connectivity index (χ3n) is 31.4. The lowest BCUT2D eigenvalue weighted by Crippen LogP contribution is -2.72. The number of aliphatic hydroxyl groups is 13. The van der Waals surface area contributed by atoms with Gasteiger partial charge in [0.15, 0.2) is 0 Å². The molecule has 2 heterocycles. The summed E-state index contributed by atoms with van der Waals surface area (Å²) < 4.78 is 30.0. The molecule has 0 aromatic heterocycles. The van der Waals surface area contributed by atoms with E-state index in [-0.39, 0.29) is 49.4 Å². The number of aliphatic carboxylic acids is 1. The summed E-state index contributed by atoms with van der Waals surface area (Å²) in [5, 5.41) is 159. The predicted molar refractivity (Wildman–Crippen MR) is 336 cm³/mol. The summed E-state index contributed by atoms with van der Waals surface area (Å²) in [6.07, 6.45) is -13.1. The minimum Gasteiger partial charge on any atom is -0.481 e. The van der Waals surface area contributed by atoms with Gasteiger partial charge in [0, 0.05) is 11.8 Å². The van der Waals surface area contributed by atoms with E-state index in [9.17, 15) is 81.1 Å². The maximum Gasteiger partial charge on any atom is 0.315 e. The largest absolute Gasteiger partial charge is 0.481 e. The van der Waals surface area contributed by atoms with E-state index < -0.39 is 212 Å². The second kappa shape index (κ2) is 23.1. The summed E-state index contributed by atoms with van der Waals surface area (Å²) >= 11 is 0. The maximum atomic E-state index is 15.8. The predicted octanol–water partition coefficient (Wildman–Crippen LogP) is 3.48. The standard InChI is InChI=1S/C72H110O23/c1-33-17-23-71(59(87)94-55-49(81)47(79)45(77)39(31-73)91-55)27-25-63(5)35(51(71)69(33,11)89)13-15-41-61(3)29-37(75)53(83)67(9,43(61)19-21-65(41,63)7)58(86)93-54-38(76)30-62(4)42-16-14-36-52-70(12,90)34(2)18-24-72(52,60(88)95-56-50(82)48(80)46(78)40(32-74)92-56)28-26-64(36,6)66(42,8)22-20-44(62)68(54,10)57(84)85/h13-14,33-34,37-56,73-83,89-90H,15-32H2,1-12H3,(H,84,85)/t33-,34-,37-,38-,39-,40-,41-,42-,43-,44-,45-,46-,47+,48+,49-,50-,51-,52-,53-,54-,55+,56+,61-,62-,63-,64-,65-,66-,67-,68-,69-,70-,71+,72+/m1/s1. The minimum atomic E-state index is -1.88. The van der Waals surface area contributed by atoms with Crippen LogP contribution in [0.5, 0.6) is 0 Å². The number of fused-ring (bicyclic) bond motifs is 14. The molecular weight excluding hydrogens is 1230 g/mol. The number of ether oxygens (including phenoxy) is 5. The number of carboxylic acid groups (broad SMARTS) is 1. The zero-order chi connectivity index (χ0) is 69.8. The molecule has 8 saturated carbocycles. The van der Waals surface area contributed by atoms with Crippen LogP contribution in [-0.4, -0.2) is 206 Å². The fourth-order valence-electron chi connectivity index (χ4n) is 25.0. The molecular formula is C72H110O23. The molecule has 0 amide bonds. The van der Waals surface area contributed by atoms with Gasteiger partial charge in [-0.05, 0) is 198 Å². The van der Waals surface area contributed by atoms with Crippen LogP contribution in [0.4, 0.5) is 0 Å². The Labute approximate surface area is 557 Å². The highest BCUT2D eigenvalue weighted by molar-refractivity contribution is 5.82. The number of esters is 3. The van der Waals surface area contributed by atoms with Crippen molar-refractivity contribution in [3.05, 3.63) is 23.3 Å². The zero-order valence-electron chi connectivity index (χ0n) is 57.5. The van der Waals surface area contributed by atoms with E-state index >= 15 is 9.59 Å². The van der Waals surface area contributed by atoms with E-state index in [0.717, 1.165) is 11.1 Å². The summed E-state index contributed by atoms with van der Waals surface area (Å²) in [6.45, 7) is 21.9. The Hall–Kier alpha value is -3.24. The molecule has 14 N–H and O–H groups in total. The zero-order valence-corrected chi connectivity index (χ0v) is 57.5. The van der Waals surface area contributed by atoms with Crippen molar-refractivity contribution in [2.24, 2.45) is 101 Å². The van der Waals surface area contributed by atoms with Crippen LogP contribution in [0.15, 0.2) is 23.3 Å². The molecule has 2 aliphatic heterocycles. The quantitative estimate of drug-likeness (QED) is 0.0892. The fourth-order valence-corrected chi connectivity index (χ4v) is 25.0. The molecule has 12 aliphatic rings. The molecule has 34 atom stereocenters. The summed E-state index contributed by atoms with van der Waals surface area (Å²) in [7, 11) is 0. The van der Waals surface area contributed by atoms with Gasteiger partial charge in [0.25, 0.3) is 0 Å². The van der Waals surface area contributed by atoms with Gasteiger partial charge in [-0.3, -0.25) is 19.2 Å². The monoisotopic (exact) mass is 1340 g/mol. The Bertz CT molecular complexity index is 3110. The molecule has 10 fully saturated rings. The van der Waals surface area contributed by atoms with Gasteiger partial charge < -0.3 is 95.2 Å². The average Bonchev–Trinajstić information content (AvgIpc) is 0.674. The second-order valence-corrected chi connectivity index (χ2v) is 35.0. The highest BCUT2D eigenvalue weighted by Crippen LogP contribution is 2.79. The number of allylic oxidation sites excluding steroid dienone is 2. The van der Waals surface area contributed by atoms with Crippen molar-refractivity contribution in [3.8, 4) is 0 Å². The van der Waals surface area contributed by atoms with Crippen molar-refractivity contribution in [2.45, 2.75) is 283 Å². The van der Waals surface area contributed by atoms with Gasteiger partial charge >= 0.3 is 23.9 Å². The topological polar surface area (TPSA) is 398 Å². The van der Waals surface area contributed by atoms with Crippen LogP contribution in [-0.2, 0) is 42.9 Å². The lowest BCUT2D eigenvalue weighted by molar-refractivity contribution is -0.299. The molecule has 2 saturated heterocycles. The Balaban J connectivity index is 0.826. The lowest BCUT2D eigenvalue weighted by Gasteiger charge is -2.72. The Kier molecular flexibility index (Phi) is 17.4. The van der Waals surface area contributed by atoms with E-state index in [1.807, 2.05) is 20.8 Å². The van der Waals surface area contributed by atoms with E-state index in [1.165, 1.54) is 0 Å². The van der Waals surface area contributed by atoms with Gasteiger partial charge in [-0.15, -0.1) is 0 Å². The van der Waals surface area contributed by atoms with Crippen LogP contribution in [0, 0.1) is 101 Å². The normalized spacial score (nSPS) is 57.1. The molecule has 10 aliphatic carbocycles. The van der Waals surface area contributed by atoms with Gasteiger partial charge in [0.1, 0.15) is 60.4 Å². The molecule has 23 heteroatoms. The molecule has 0 unspecified atom stereocenters. The summed E-state index contributed by atoms with van der Waals surface area (Å²) in [5.41, 5.74) is -11.9. The van der Waals surface area contributed by atoms with Gasteiger partial charge in [0.05, 0.1) is 59.0 Å². The molecule has 0 radical (unpaired) electrons. The number of carboxylic acids is 1. The first-order valence-corrected chi connectivity index (χ1v) is 35.4. The van der Waals surface area contributed by atoms with Gasteiger partial charge in [-0.2, -0.15) is 0 Å². The smallest absolute Gasteiger partial charge is 0.315 e.